The summed E-state index contributed by atoms with van der Waals surface area (Å²) in [5, 5.41) is 2.67. The molecule has 0 aliphatic carbocycles. The number of carbonyl (C=O) groups excluding carboxylic acids is 3. The first-order valence-electron chi connectivity index (χ1n) is 10.8. The van der Waals surface area contributed by atoms with Crippen molar-refractivity contribution in [2.75, 3.05) is 21.3 Å². The molecule has 1 N–H and O–H groups in total. The molecule has 182 valence electrons. The van der Waals surface area contributed by atoms with Crippen LogP contribution in [0.5, 0.6) is 11.5 Å². The summed E-state index contributed by atoms with van der Waals surface area (Å²) in [6.45, 7) is 5.31. The Hall–Kier alpha value is -3.23. The number of benzene rings is 1. The van der Waals surface area contributed by atoms with Crippen molar-refractivity contribution in [2.45, 2.75) is 64.3 Å². The summed E-state index contributed by atoms with van der Waals surface area (Å²) < 4.78 is 21.1. The van der Waals surface area contributed by atoms with Crippen LogP contribution in [-0.2, 0) is 25.6 Å². The normalized spacial score (nSPS) is 20.1. The van der Waals surface area contributed by atoms with Crippen molar-refractivity contribution in [1.29, 1.82) is 0 Å². The van der Waals surface area contributed by atoms with Gasteiger partial charge in [-0.3, -0.25) is 4.79 Å². The van der Waals surface area contributed by atoms with E-state index in [0.717, 1.165) is 0 Å². The van der Waals surface area contributed by atoms with Crippen LogP contribution < -0.4 is 14.8 Å². The van der Waals surface area contributed by atoms with Crippen LogP contribution in [0.1, 0.15) is 45.6 Å². The molecular formula is C24H34N2O7. The van der Waals surface area contributed by atoms with Crippen molar-refractivity contribution in [3.63, 3.8) is 0 Å². The first-order valence-corrected chi connectivity index (χ1v) is 10.8. The summed E-state index contributed by atoms with van der Waals surface area (Å²) in [7, 11) is 4.35. The summed E-state index contributed by atoms with van der Waals surface area (Å²) in [6.07, 6.45) is 4.25. The van der Waals surface area contributed by atoms with Gasteiger partial charge in [-0.15, -0.1) is 0 Å². The molecule has 1 heterocycles. The number of hydrogen-bond donors (Lipinski definition) is 1. The lowest BCUT2D eigenvalue weighted by Crippen LogP contribution is -2.54. The lowest BCUT2D eigenvalue weighted by molar-refractivity contribution is -0.154. The molecule has 9 heteroatoms. The lowest BCUT2D eigenvalue weighted by Gasteiger charge is -2.33. The van der Waals surface area contributed by atoms with Crippen LogP contribution >= 0.6 is 0 Å². The summed E-state index contributed by atoms with van der Waals surface area (Å²) in [5.74, 6) is 0.164. The van der Waals surface area contributed by atoms with Gasteiger partial charge >= 0.3 is 12.1 Å². The number of nitrogens with zero attached hydrogens (tertiary/aromatic N) is 1. The van der Waals surface area contributed by atoms with Gasteiger partial charge in [-0.1, -0.05) is 12.2 Å². The topological polar surface area (TPSA) is 103 Å². The first kappa shape index (κ1) is 26.0. The van der Waals surface area contributed by atoms with Crippen molar-refractivity contribution in [1.82, 2.24) is 10.2 Å². The van der Waals surface area contributed by atoms with Gasteiger partial charge in [0.2, 0.25) is 5.91 Å². The highest BCUT2D eigenvalue weighted by atomic mass is 16.6. The molecule has 0 aromatic heterocycles. The number of amides is 2. The molecule has 0 fully saturated rings. The Morgan fingerprint density at radius 3 is 2.45 bits per heavy atom. The number of esters is 1. The van der Waals surface area contributed by atoms with Crippen molar-refractivity contribution in [3.05, 3.63) is 35.9 Å². The molecule has 0 radical (unpaired) electrons. The molecule has 1 aliphatic heterocycles. The molecule has 0 saturated heterocycles. The van der Waals surface area contributed by atoms with Gasteiger partial charge in [-0.05, 0) is 52.2 Å². The van der Waals surface area contributed by atoms with Gasteiger partial charge in [0, 0.05) is 11.6 Å². The number of nitrogens with one attached hydrogen (secondary N) is 1. The van der Waals surface area contributed by atoms with Gasteiger partial charge in [0.15, 0.2) is 0 Å². The second-order valence-electron chi connectivity index (χ2n) is 8.67. The van der Waals surface area contributed by atoms with Gasteiger partial charge in [0.1, 0.15) is 29.2 Å². The van der Waals surface area contributed by atoms with Crippen molar-refractivity contribution < 1.29 is 33.3 Å². The van der Waals surface area contributed by atoms with Crippen molar-refractivity contribution in [2.24, 2.45) is 0 Å². The number of ether oxygens (including phenoxy) is 4. The van der Waals surface area contributed by atoms with Crippen molar-refractivity contribution >= 4 is 18.0 Å². The molecular weight excluding hydrogens is 428 g/mol. The van der Waals surface area contributed by atoms with Crippen LogP contribution in [0.3, 0.4) is 0 Å². The first-order chi connectivity index (χ1) is 15.6. The maximum atomic E-state index is 13.7. The third-order valence-corrected chi connectivity index (χ3v) is 5.10. The molecule has 0 bridgehead atoms. The Morgan fingerprint density at radius 2 is 1.85 bits per heavy atom. The smallest absolute Gasteiger partial charge is 0.408 e. The quantitative estimate of drug-likeness (QED) is 0.511. The van der Waals surface area contributed by atoms with E-state index in [1.165, 1.54) is 19.1 Å². The van der Waals surface area contributed by atoms with Gasteiger partial charge in [-0.2, -0.15) is 0 Å². The van der Waals surface area contributed by atoms with Gasteiger partial charge in [0.25, 0.3) is 0 Å². The monoisotopic (exact) mass is 462 g/mol. The Balaban J connectivity index is 2.42. The van der Waals surface area contributed by atoms with Gasteiger partial charge < -0.3 is 29.2 Å². The minimum absolute atomic E-state index is 0.0755. The van der Waals surface area contributed by atoms with E-state index in [2.05, 4.69) is 5.32 Å². The molecule has 0 spiro atoms. The molecule has 2 amide bonds. The van der Waals surface area contributed by atoms with E-state index in [-0.39, 0.29) is 13.0 Å². The standard InChI is InChI=1S/C24H34N2O7/c1-24(2,3)33-23(29)25-18-10-8-7-9-11-19(22(28)32-6)26(21(18)27)15-16-12-13-17(30-4)14-20(16)31-5/h7,9,12-14,18-19H,8,10-11,15H2,1-6H3,(H,25,29)/b9-7+/t18-,19-/m0/s1. The largest absolute Gasteiger partial charge is 0.497 e. The van der Waals surface area contributed by atoms with Gasteiger partial charge in [0.05, 0.1) is 27.9 Å². The molecule has 1 aromatic rings. The Labute approximate surface area is 195 Å². The predicted molar refractivity (Wildman–Crippen MR) is 122 cm³/mol. The Kier molecular flexibility index (Phi) is 9.13. The Bertz CT molecular complexity index is 876. The molecule has 33 heavy (non-hydrogen) atoms. The second-order valence-corrected chi connectivity index (χ2v) is 8.67. The van der Waals surface area contributed by atoms with E-state index < -0.39 is 35.7 Å². The number of allylic oxidation sites excluding steroid dienone is 1. The third kappa shape index (κ3) is 7.40. The SMILES string of the molecule is COC(=O)[C@@H]1C/C=C/CC[C@H](NC(=O)OC(C)(C)C)C(=O)N1Cc1ccc(OC)cc1OC. The fraction of sp³-hybridized carbons (Fsp3) is 0.542. The van der Waals surface area contributed by atoms with Crippen LogP contribution in [0.25, 0.3) is 0 Å². The molecule has 0 saturated carbocycles. The maximum absolute atomic E-state index is 13.7. The maximum Gasteiger partial charge on any atom is 0.408 e. The van der Waals surface area contributed by atoms with Gasteiger partial charge in [-0.25, -0.2) is 9.59 Å². The number of hydrogen-bond acceptors (Lipinski definition) is 7. The zero-order chi connectivity index (χ0) is 24.6. The molecule has 1 aliphatic rings. The Morgan fingerprint density at radius 1 is 1.12 bits per heavy atom. The summed E-state index contributed by atoms with van der Waals surface area (Å²) >= 11 is 0. The van der Waals surface area contributed by atoms with Crippen LogP contribution in [0.4, 0.5) is 4.79 Å². The molecule has 2 atom stereocenters. The molecule has 2 rings (SSSR count). The van der Waals surface area contributed by atoms with Crippen molar-refractivity contribution in [3.8, 4) is 11.5 Å². The molecule has 1 aromatic carbocycles. The van der Waals surface area contributed by atoms with Crippen LogP contribution in [0.15, 0.2) is 30.4 Å². The van der Waals surface area contributed by atoms with E-state index in [9.17, 15) is 14.4 Å². The zero-order valence-corrected chi connectivity index (χ0v) is 20.2. The van der Waals surface area contributed by atoms with E-state index >= 15 is 0 Å². The average Bonchev–Trinajstić information content (AvgIpc) is 2.83. The van der Waals surface area contributed by atoms with Crippen LogP contribution in [0, 0.1) is 0 Å². The predicted octanol–water partition coefficient (Wildman–Crippen LogP) is 3.21. The average molecular weight is 463 g/mol. The highest BCUT2D eigenvalue weighted by Gasteiger charge is 2.36. The molecule has 9 nitrogen and oxygen atoms in total. The highest BCUT2D eigenvalue weighted by Crippen LogP contribution is 2.28. The summed E-state index contributed by atoms with van der Waals surface area (Å²) in [6, 6.07) is 3.49. The minimum Gasteiger partial charge on any atom is -0.497 e. The van der Waals surface area contributed by atoms with E-state index in [4.69, 9.17) is 18.9 Å². The number of alkyl carbamates (subject to hydrolysis) is 1. The third-order valence-electron chi connectivity index (χ3n) is 5.10. The zero-order valence-electron chi connectivity index (χ0n) is 20.2. The number of rotatable bonds is 6. The highest BCUT2D eigenvalue weighted by molar-refractivity contribution is 5.90. The van der Waals surface area contributed by atoms with Crippen LogP contribution in [-0.4, -0.2) is 61.9 Å². The second kappa shape index (κ2) is 11.6. The summed E-state index contributed by atoms with van der Waals surface area (Å²) in [5.41, 5.74) is -0.0317. The van der Waals surface area contributed by atoms with E-state index in [1.807, 2.05) is 12.2 Å². The van der Waals surface area contributed by atoms with E-state index in [0.29, 0.717) is 29.9 Å². The van der Waals surface area contributed by atoms with E-state index in [1.54, 1.807) is 46.1 Å². The fourth-order valence-electron chi connectivity index (χ4n) is 3.51. The molecule has 0 unspecified atom stereocenters. The number of carbonyl (C=O) groups is 3. The number of methoxy groups -OCH3 is 3. The van der Waals surface area contributed by atoms with Crippen LogP contribution in [0.2, 0.25) is 0 Å². The fourth-order valence-corrected chi connectivity index (χ4v) is 3.51. The minimum atomic E-state index is -0.876. The summed E-state index contributed by atoms with van der Waals surface area (Å²) in [4.78, 5) is 40.2. The lowest BCUT2D eigenvalue weighted by atomic mass is 10.1.